The second kappa shape index (κ2) is 32.2. The molecule has 0 radical (unpaired) electrons. The SMILES string of the molecule is CN(C[C@H]1CC[C@H](N2Cc3cc(NC(=O)c4cccc(C(F)(F)F)n4)c(OCc4ccc(C(F)(F)F)nc4C(=O)Nc4cc5c(cc4N4C[C@H]6C[C@@H]4CO6)C(=O)N([C@H]4CC[C@H](CN6CCC(c7cccc8c7n(C)c(=O)n8C7CCC(=O)NC7=O)CC6)CC4)C5)cc3C2(C)C)CC1)C1CCN(c2cccc3c2n(C)c(=O)n3C2CCC(=O)NC2=O)CC1. The van der Waals surface area contributed by atoms with E-state index in [0.29, 0.717) is 71.8 Å². The molecule has 2 unspecified atom stereocenters. The van der Waals surface area contributed by atoms with Crippen LogP contribution >= 0.6 is 0 Å². The number of piperidine rings is 4. The second-order valence-electron chi connectivity index (χ2n) is 35.8. The number of benzene rings is 4. The summed E-state index contributed by atoms with van der Waals surface area (Å²) in [4.78, 5) is 143. The molecule has 4 N–H and O–H groups in total. The van der Waals surface area contributed by atoms with Crippen LogP contribution in [-0.2, 0) is 75.6 Å². The Bertz CT molecular complexity index is 5670. The van der Waals surface area contributed by atoms with Crippen LogP contribution in [0.15, 0.2) is 101 Å². The zero-order valence-electron chi connectivity index (χ0n) is 68.9. The molecule has 8 aromatic rings. The van der Waals surface area contributed by atoms with E-state index in [0.717, 1.165) is 180 Å². The number of alkyl halides is 6. The van der Waals surface area contributed by atoms with E-state index >= 15 is 4.79 Å². The van der Waals surface area contributed by atoms with Gasteiger partial charge in [-0.2, -0.15) is 26.3 Å². The van der Waals surface area contributed by atoms with Gasteiger partial charge in [0, 0.05) is 108 Å². The van der Waals surface area contributed by atoms with Gasteiger partial charge in [0.1, 0.15) is 47.2 Å². The number of para-hydroxylation sites is 2. The van der Waals surface area contributed by atoms with Crippen LogP contribution in [-0.4, -0.2) is 179 Å². The minimum atomic E-state index is -4.99. The van der Waals surface area contributed by atoms with Crippen molar-refractivity contribution in [2.24, 2.45) is 25.9 Å². The number of aromatic nitrogens is 6. The van der Waals surface area contributed by atoms with Gasteiger partial charge in [-0.1, -0.05) is 30.3 Å². The monoisotopic (exact) mass is 1680 g/mol. The Hall–Kier alpha value is -10.8. The maximum atomic E-state index is 15.2. The highest BCUT2D eigenvalue weighted by Gasteiger charge is 2.47. The number of fused-ring (bicyclic) bond motifs is 6. The molecule has 6 saturated heterocycles. The van der Waals surface area contributed by atoms with E-state index in [1.165, 1.54) is 9.13 Å². The minimum Gasteiger partial charge on any atom is -0.487 e. The van der Waals surface area contributed by atoms with Crippen LogP contribution in [0.3, 0.4) is 0 Å². The van der Waals surface area contributed by atoms with E-state index in [4.69, 9.17) is 9.47 Å². The fourth-order valence-electron chi connectivity index (χ4n) is 21.7. The third-order valence-electron chi connectivity index (χ3n) is 28.1. The van der Waals surface area contributed by atoms with Crippen molar-refractivity contribution in [3.05, 3.63) is 168 Å². The number of rotatable bonds is 19. The number of hydrogen-bond acceptors (Lipinski definition) is 18. The van der Waals surface area contributed by atoms with Crippen molar-refractivity contribution < 1.29 is 69.4 Å². The lowest BCUT2D eigenvalue weighted by molar-refractivity contribution is -0.142. The normalized spacial score (nSPS) is 24.4. The van der Waals surface area contributed by atoms with Crippen LogP contribution in [0.4, 0.5) is 49.1 Å². The third kappa shape index (κ3) is 15.4. The van der Waals surface area contributed by atoms with Gasteiger partial charge < -0.3 is 44.6 Å². The lowest BCUT2D eigenvalue weighted by atomic mass is 9.83. The lowest BCUT2D eigenvalue weighted by Gasteiger charge is -2.44. The van der Waals surface area contributed by atoms with Crippen LogP contribution in [0.25, 0.3) is 22.1 Å². The van der Waals surface area contributed by atoms with Gasteiger partial charge in [0.2, 0.25) is 23.6 Å². The largest absolute Gasteiger partial charge is 0.487 e. The Morgan fingerprint density at radius 3 is 1.88 bits per heavy atom. The van der Waals surface area contributed by atoms with Crippen molar-refractivity contribution in [2.75, 3.05) is 79.9 Å². The Morgan fingerprint density at radius 1 is 0.615 bits per heavy atom. The number of imidazole rings is 2. The summed E-state index contributed by atoms with van der Waals surface area (Å²) < 4.78 is 106. The number of nitrogens with zero attached hydrogens (tertiary/aromatic N) is 12. The fourth-order valence-corrected chi connectivity index (χ4v) is 21.7. The van der Waals surface area contributed by atoms with Crippen molar-refractivity contribution in [1.29, 1.82) is 0 Å². The van der Waals surface area contributed by atoms with Gasteiger partial charge in [0.05, 0.1) is 63.6 Å². The molecule has 7 amide bonds. The molecule has 10 aliphatic rings. The number of hydrogen-bond donors (Lipinski definition) is 4. The molecule has 2 aliphatic carbocycles. The predicted octanol–water partition coefficient (Wildman–Crippen LogP) is 11.4. The first-order valence-electron chi connectivity index (χ1n) is 42.8. The number of nitrogens with one attached hydrogen (secondary N) is 4. The Balaban J connectivity index is 0.541. The van der Waals surface area contributed by atoms with Crippen LogP contribution in [0.1, 0.15) is 212 Å². The molecule has 27 nitrogen and oxygen atoms in total. The molecule has 12 heterocycles. The number of amides is 7. The maximum absolute atomic E-state index is 15.2. The number of pyridine rings is 2. The van der Waals surface area contributed by atoms with E-state index in [2.05, 4.69) is 82.7 Å². The molecule has 18 rings (SSSR count). The highest BCUT2D eigenvalue weighted by atomic mass is 19.4. The molecule has 33 heteroatoms. The first-order chi connectivity index (χ1) is 58.4. The maximum Gasteiger partial charge on any atom is 0.433 e. The highest BCUT2D eigenvalue weighted by Crippen LogP contribution is 2.49. The van der Waals surface area contributed by atoms with Gasteiger partial charge in [-0.15, -0.1) is 0 Å². The van der Waals surface area contributed by atoms with Crippen LogP contribution in [0.2, 0.25) is 0 Å². The van der Waals surface area contributed by atoms with Crippen LogP contribution in [0.5, 0.6) is 5.75 Å². The lowest BCUT2D eigenvalue weighted by Crippen LogP contribution is -2.47. The quantitative estimate of drug-likeness (QED) is 0.0432. The number of morpholine rings is 1. The summed E-state index contributed by atoms with van der Waals surface area (Å²) in [5.74, 6) is -2.77. The molecule has 4 aromatic carbocycles. The summed E-state index contributed by atoms with van der Waals surface area (Å²) in [7, 11) is 5.64. The zero-order chi connectivity index (χ0) is 85.3. The summed E-state index contributed by atoms with van der Waals surface area (Å²) in [6.07, 6.45) is 2.02. The van der Waals surface area contributed by atoms with Crippen molar-refractivity contribution in [2.45, 2.75) is 209 Å². The average Bonchev–Trinajstić information content (AvgIpc) is 1.62. The van der Waals surface area contributed by atoms with Gasteiger partial charge in [0.15, 0.2) is 0 Å². The van der Waals surface area contributed by atoms with Crippen LogP contribution < -0.4 is 47.2 Å². The molecule has 0 spiro atoms. The Morgan fingerprint density at radius 2 is 1.23 bits per heavy atom. The summed E-state index contributed by atoms with van der Waals surface area (Å²) >= 11 is 0. The average molecular weight is 1680 g/mol. The number of ether oxygens (including phenoxy) is 2. The molecule has 4 aromatic heterocycles. The first-order valence-corrected chi connectivity index (χ1v) is 42.8. The number of likely N-dealkylation sites (tertiary alicyclic amines) is 1. The standard InChI is InChI=1S/C89H100F6N16O11/c1-87(2)62-41-72(65(98-80(114)63-10-7-14-73(96-63)88(90,91)92)38-54(62)45-109(87)57-22-17-49(18-23-57)42-102(3)55-31-35-106(36-32-55)66-11-8-13-68-79(66)104(5)86(120)111(68)70-25-28-76(113)101-82(70)116)122-47-52-19-26-74(89(93,94)95)99-77(52)83(117)97-64-37-53-44-108(84(118)61(53)40-71(64)107-46-59-39-58(107)48-121-59)56-20-15-50(16-21-56)43-105-33-29-51(30-34-105)60-9-6-12-67-78(60)103(4)85(119)110(67)69-24-27-75(112)100-81(69)115/h6-14,19,26,37-38,40-41,49-51,55-59,69-70H,15-18,20-25,27-36,39,42-48H2,1-5H3,(H,97,117)(H,98,114)(H,100,112,115)(H,101,113,116)/t49-,50-,56-,57-,58-,59-,69?,70?/m1/s1. The molecular weight excluding hydrogens is 1580 g/mol. The Kier molecular flexibility index (Phi) is 21.7. The van der Waals surface area contributed by atoms with Crippen LogP contribution in [0, 0.1) is 11.8 Å². The summed E-state index contributed by atoms with van der Waals surface area (Å²) in [5, 5.41) is 10.5. The first kappa shape index (κ1) is 82.2. The minimum absolute atomic E-state index is 0.0191. The topological polar surface area (TPSA) is 285 Å². The highest BCUT2D eigenvalue weighted by molar-refractivity contribution is 6.08. The van der Waals surface area contributed by atoms with Gasteiger partial charge in [0.25, 0.3) is 17.7 Å². The number of carbonyl (C=O) groups excluding carboxylic acids is 7. The van der Waals surface area contributed by atoms with E-state index in [1.807, 2.05) is 35.2 Å². The molecule has 644 valence electrons. The molecule has 2 saturated carbocycles. The molecular formula is C89H100F6N16O11. The second-order valence-corrected chi connectivity index (χ2v) is 35.8. The van der Waals surface area contributed by atoms with Crippen molar-refractivity contribution in [3.63, 3.8) is 0 Å². The molecule has 8 fully saturated rings. The molecule has 122 heavy (non-hydrogen) atoms. The number of anilines is 4. The third-order valence-corrected chi connectivity index (χ3v) is 28.1. The van der Waals surface area contributed by atoms with Crippen molar-refractivity contribution in [3.8, 4) is 5.75 Å². The fraction of sp³-hybridized carbons (Fsp3) is 0.517. The van der Waals surface area contributed by atoms with Gasteiger partial charge in [-0.3, -0.25) is 67.4 Å². The summed E-state index contributed by atoms with van der Waals surface area (Å²) in [5.41, 5.74) is 3.29. The van der Waals surface area contributed by atoms with E-state index < -0.39 is 83.0 Å². The van der Waals surface area contributed by atoms with Gasteiger partial charge in [-0.05, 0) is 231 Å². The molecule has 2 bridgehead atoms. The van der Waals surface area contributed by atoms with Crippen molar-refractivity contribution >= 4 is 86.2 Å². The predicted molar refractivity (Wildman–Crippen MR) is 441 cm³/mol. The zero-order valence-corrected chi connectivity index (χ0v) is 68.9. The number of halogens is 6. The van der Waals surface area contributed by atoms with E-state index in [9.17, 15) is 64.7 Å². The summed E-state index contributed by atoms with van der Waals surface area (Å²) in [6.45, 7) is 10.1. The molecule has 8 aliphatic heterocycles. The van der Waals surface area contributed by atoms with Gasteiger partial charge in [-0.25, -0.2) is 19.6 Å². The van der Waals surface area contributed by atoms with Gasteiger partial charge >= 0.3 is 23.7 Å². The number of aryl methyl sites for hydroxylation is 2. The summed E-state index contributed by atoms with van der Waals surface area (Å²) in [6, 6.07) is 22.1. The number of carbonyl (C=O) groups is 7. The van der Waals surface area contributed by atoms with Crippen molar-refractivity contribution in [1.82, 2.24) is 58.5 Å². The smallest absolute Gasteiger partial charge is 0.433 e. The number of imide groups is 2. The molecule has 4 atom stereocenters. The Labute approximate surface area is 699 Å². The van der Waals surface area contributed by atoms with E-state index in [1.54, 1.807) is 47.5 Å². The van der Waals surface area contributed by atoms with E-state index in [-0.39, 0.29) is 114 Å².